The molecule has 3 nitrogen and oxygen atoms in total. The summed E-state index contributed by atoms with van der Waals surface area (Å²) in [5, 5.41) is 0. The first kappa shape index (κ1) is 16.3. The Bertz CT molecular complexity index is 460. The molecular formula is C18H29NO2. The third-order valence-electron chi connectivity index (χ3n) is 5.16. The maximum atomic E-state index is 6.56. The van der Waals surface area contributed by atoms with Gasteiger partial charge in [-0.2, -0.15) is 0 Å². The van der Waals surface area contributed by atoms with Crippen molar-refractivity contribution >= 4 is 0 Å². The second kappa shape index (κ2) is 6.37. The number of para-hydroxylation sites is 1. The first-order valence-electron chi connectivity index (χ1n) is 7.85. The molecule has 0 bridgehead atoms. The van der Waals surface area contributed by atoms with E-state index < -0.39 is 0 Å². The molecule has 1 aromatic carbocycles. The van der Waals surface area contributed by atoms with Crippen LogP contribution in [0.5, 0.6) is 5.75 Å². The standard InChI is InChI=1S/C18H29NO2/c1-17(2)9-11-18(21-4,12-10-17)16(19)13-14-7-5-6-8-15(14)20-3/h5-8,16H,9-13,19H2,1-4H3. The van der Waals surface area contributed by atoms with Gasteiger partial charge in [0.1, 0.15) is 5.75 Å². The molecule has 0 amide bonds. The fourth-order valence-electron chi connectivity index (χ4n) is 3.37. The Morgan fingerprint density at radius 1 is 1.10 bits per heavy atom. The van der Waals surface area contributed by atoms with E-state index in [0.717, 1.165) is 30.6 Å². The minimum atomic E-state index is -0.198. The molecule has 1 atom stereocenters. The van der Waals surface area contributed by atoms with Gasteiger partial charge in [0.15, 0.2) is 0 Å². The van der Waals surface area contributed by atoms with Crippen molar-refractivity contribution < 1.29 is 9.47 Å². The minimum Gasteiger partial charge on any atom is -0.496 e. The molecule has 1 aliphatic rings. The molecule has 0 saturated heterocycles. The monoisotopic (exact) mass is 291 g/mol. The number of nitrogens with two attached hydrogens (primary N) is 1. The van der Waals surface area contributed by atoms with Gasteiger partial charge in [-0.3, -0.25) is 0 Å². The Labute approximate surface area is 128 Å². The van der Waals surface area contributed by atoms with Crippen molar-refractivity contribution in [1.29, 1.82) is 0 Å². The maximum absolute atomic E-state index is 6.56. The van der Waals surface area contributed by atoms with Gasteiger partial charge < -0.3 is 15.2 Å². The zero-order valence-corrected chi connectivity index (χ0v) is 13.8. The normalized spacial score (nSPS) is 21.8. The minimum absolute atomic E-state index is 0.00472. The number of ether oxygens (including phenoxy) is 2. The zero-order valence-electron chi connectivity index (χ0n) is 13.8. The number of rotatable bonds is 5. The van der Waals surface area contributed by atoms with Crippen LogP contribution in [-0.2, 0) is 11.2 Å². The molecule has 0 radical (unpaired) electrons. The molecule has 1 aliphatic carbocycles. The van der Waals surface area contributed by atoms with Crippen molar-refractivity contribution in [1.82, 2.24) is 0 Å². The fraction of sp³-hybridized carbons (Fsp3) is 0.667. The van der Waals surface area contributed by atoms with Crippen LogP contribution in [0.1, 0.15) is 45.1 Å². The molecule has 2 rings (SSSR count). The Balaban J connectivity index is 2.12. The molecule has 0 spiro atoms. The number of hydrogen-bond acceptors (Lipinski definition) is 3. The largest absolute Gasteiger partial charge is 0.496 e. The average Bonchev–Trinajstić information content (AvgIpc) is 2.48. The highest BCUT2D eigenvalue weighted by atomic mass is 16.5. The van der Waals surface area contributed by atoms with Gasteiger partial charge in [0.2, 0.25) is 0 Å². The molecule has 118 valence electrons. The fourth-order valence-corrected chi connectivity index (χ4v) is 3.37. The Hall–Kier alpha value is -1.06. The number of methoxy groups -OCH3 is 2. The third-order valence-corrected chi connectivity index (χ3v) is 5.16. The summed E-state index contributed by atoms with van der Waals surface area (Å²) in [4.78, 5) is 0. The van der Waals surface area contributed by atoms with Crippen LogP contribution in [-0.4, -0.2) is 25.9 Å². The lowest BCUT2D eigenvalue weighted by atomic mass is 9.68. The van der Waals surface area contributed by atoms with Crippen molar-refractivity contribution in [2.75, 3.05) is 14.2 Å². The predicted octanol–water partition coefficient (Wildman–Crippen LogP) is 3.55. The Morgan fingerprint density at radius 2 is 1.71 bits per heavy atom. The van der Waals surface area contributed by atoms with E-state index in [1.54, 1.807) is 14.2 Å². The highest BCUT2D eigenvalue weighted by Gasteiger charge is 2.42. The van der Waals surface area contributed by atoms with Gasteiger partial charge in [0.25, 0.3) is 0 Å². The summed E-state index contributed by atoms with van der Waals surface area (Å²) < 4.78 is 11.4. The van der Waals surface area contributed by atoms with E-state index in [-0.39, 0.29) is 11.6 Å². The molecule has 1 unspecified atom stereocenters. The second-order valence-electron chi connectivity index (χ2n) is 7.06. The van der Waals surface area contributed by atoms with Crippen molar-refractivity contribution in [2.24, 2.45) is 11.1 Å². The van der Waals surface area contributed by atoms with Crippen LogP contribution in [0.2, 0.25) is 0 Å². The van der Waals surface area contributed by atoms with E-state index in [9.17, 15) is 0 Å². The van der Waals surface area contributed by atoms with Crippen LogP contribution >= 0.6 is 0 Å². The summed E-state index contributed by atoms with van der Waals surface area (Å²) in [6.45, 7) is 4.66. The van der Waals surface area contributed by atoms with Crippen LogP contribution < -0.4 is 10.5 Å². The lowest BCUT2D eigenvalue weighted by molar-refractivity contribution is -0.0782. The Morgan fingerprint density at radius 3 is 2.29 bits per heavy atom. The molecule has 1 saturated carbocycles. The van der Waals surface area contributed by atoms with Crippen LogP contribution in [0.15, 0.2) is 24.3 Å². The van der Waals surface area contributed by atoms with Gasteiger partial charge in [-0.05, 0) is 49.1 Å². The van der Waals surface area contributed by atoms with Crippen molar-refractivity contribution in [3.63, 3.8) is 0 Å². The van der Waals surface area contributed by atoms with E-state index in [0.29, 0.717) is 5.41 Å². The summed E-state index contributed by atoms with van der Waals surface area (Å²) in [5.41, 5.74) is 7.93. The first-order chi connectivity index (χ1) is 9.92. The van der Waals surface area contributed by atoms with Gasteiger partial charge in [-0.1, -0.05) is 32.0 Å². The molecule has 1 fully saturated rings. The van der Waals surface area contributed by atoms with Gasteiger partial charge in [0, 0.05) is 13.2 Å². The molecule has 3 heteroatoms. The lowest BCUT2D eigenvalue weighted by Gasteiger charge is -2.46. The predicted molar refractivity (Wildman–Crippen MR) is 86.7 cm³/mol. The topological polar surface area (TPSA) is 44.5 Å². The highest BCUT2D eigenvalue weighted by molar-refractivity contribution is 5.34. The summed E-state index contributed by atoms with van der Waals surface area (Å²) in [7, 11) is 3.51. The smallest absolute Gasteiger partial charge is 0.122 e. The van der Waals surface area contributed by atoms with Gasteiger partial charge in [0.05, 0.1) is 12.7 Å². The van der Waals surface area contributed by atoms with E-state index in [4.69, 9.17) is 15.2 Å². The molecular weight excluding hydrogens is 262 g/mol. The molecule has 2 N–H and O–H groups in total. The molecule has 21 heavy (non-hydrogen) atoms. The average molecular weight is 291 g/mol. The van der Waals surface area contributed by atoms with Crippen molar-refractivity contribution in [3.8, 4) is 5.75 Å². The second-order valence-corrected chi connectivity index (χ2v) is 7.06. The SMILES string of the molecule is COc1ccccc1CC(N)C1(OC)CCC(C)(C)CC1. The first-order valence-corrected chi connectivity index (χ1v) is 7.85. The van der Waals surface area contributed by atoms with E-state index in [1.807, 2.05) is 18.2 Å². The summed E-state index contributed by atoms with van der Waals surface area (Å²) in [5.74, 6) is 0.912. The van der Waals surface area contributed by atoms with Gasteiger partial charge >= 0.3 is 0 Å². The zero-order chi connectivity index (χ0) is 15.5. The maximum Gasteiger partial charge on any atom is 0.122 e. The molecule has 0 aromatic heterocycles. The van der Waals surface area contributed by atoms with Crippen LogP contribution in [0.3, 0.4) is 0 Å². The summed E-state index contributed by atoms with van der Waals surface area (Å²) in [6.07, 6.45) is 5.19. The lowest BCUT2D eigenvalue weighted by Crippen LogP contribution is -2.53. The van der Waals surface area contributed by atoms with E-state index in [2.05, 4.69) is 19.9 Å². The molecule has 1 aromatic rings. The van der Waals surface area contributed by atoms with E-state index in [1.165, 1.54) is 12.8 Å². The van der Waals surface area contributed by atoms with Gasteiger partial charge in [-0.15, -0.1) is 0 Å². The quantitative estimate of drug-likeness (QED) is 0.902. The van der Waals surface area contributed by atoms with E-state index >= 15 is 0 Å². The van der Waals surface area contributed by atoms with Crippen molar-refractivity contribution in [3.05, 3.63) is 29.8 Å². The molecule has 0 heterocycles. The molecule has 0 aliphatic heterocycles. The van der Waals surface area contributed by atoms with Crippen molar-refractivity contribution in [2.45, 2.75) is 57.6 Å². The third kappa shape index (κ3) is 3.58. The number of benzene rings is 1. The highest BCUT2D eigenvalue weighted by Crippen LogP contribution is 2.43. The Kier molecular flexibility index (Phi) is 4.95. The van der Waals surface area contributed by atoms with Crippen LogP contribution in [0, 0.1) is 5.41 Å². The van der Waals surface area contributed by atoms with Gasteiger partial charge in [-0.25, -0.2) is 0 Å². The van der Waals surface area contributed by atoms with Crippen LogP contribution in [0.4, 0.5) is 0 Å². The van der Waals surface area contributed by atoms with Crippen LogP contribution in [0.25, 0.3) is 0 Å². The number of hydrogen-bond donors (Lipinski definition) is 1. The summed E-state index contributed by atoms with van der Waals surface area (Å²) >= 11 is 0. The summed E-state index contributed by atoms with van der Waals surface area (Å²) in [6, 6.07) is 8.10.